The van der Waals surface area contributed by atoms with Crippen LogP contribution in [0.4, 0.5) is 11.6 Å². The molecule has 1 aliphatic heterocycles. The van der Waals surface area contributed by atoms with Gasteiger partial charge in [0.2, 0.25) is 5.95 Å². The molecule has 1 aliphatic rings. The third kappa shape index (κ3) is 3.71. The number of hydrogen-bond acceptors (Lipinski definition) is 5. The quantitative estimate of drug-likeness (QED) is 0.703. The minimum absolute atomic E-state index is 0.123. The molecule has 29 heavy (non-hydrogen) atoms. The number of fused-ring (bicyclic) bond motifs is 1. The van der Waals surface area contributed by atoms with Crippen LogP contribution < -0.4 is 15.5 Å². The van der Waals surface area contributed by atoms with Gasteiger partial charge in [-0.25, -0.2) is 4.68 Å². The van der Waals surface area contributed by atoms with Crippen molar-refractivity contribution in [2.45, 2.75) is 19.5 Å². The van der Waals surface area contributed by atoms with Gasteiger partial charge in [-0.1, -0.05) is 42.5 Å². The number of amides is 1. The minimum atomic E-state index is -0.347. The summed E-state index contributed by atoms with van der Waals surface area (Å²) in [6.45, 7) is 2.36. The molecule has 3 aromatic rings. The zero-order chi connectivity index (χ0) is 20.4. The Morgan fingerprint density at radius 1 is 1.14 bits per heavy atom. The van der Waals surface area contributed by atoms with Crippen molar-refractivity contribution in [3.8, 4) is 0 Å². The van der Waals surface area contributed by atoms with E-state index < -0.39 is 0 Å². The third-order valence-corrected chi connectivity index (χ3v) is 5.06. The summed E-state index contributed by atoms with van der Waals surface area (Å²) in [5.74, 6) is 0.505. The summed E-state index contributed by atoms with van der Waals surface area (Å²) in [6, 6.07) is 17.7. The van der Waals surface area contributed by atoms with Gasteiger partial charge in [-0.05, 0) is 30.2 Å². The fourth-order valence-electron chi connectivity index (χ4n) is 3.52. The van der Waals surface area contributed by atoms with Crippen LogP contribution in [-0.4, -0.2) is 34.8 Å². The molecule has 0 bridgehead atoms. The van der Waals surface area contributed by atoms with Gasteiger partial charge in [0.15, 0.2) is 0 Å². The highest BCUT2D eigenvalue weighted by Gasteiger charge is 2.33. The molecule has 7 nitrogen and oxygen atoms in total. The Balaban J connectivity index is 1.67. The molecule has 4 rings (SSSR count). The lowest BCUT2D eigenvalue weighted by atomic mass is 9.94. The summed E-state index contributed by atoms with van der Waals surface area (Å²) in [5, 5.41) is 10.6. The average Bonchev–Trinajstić information content (AvgIpc) is 3.20. The summed E-state index contributed by atoms with van der Waals surface area (Å²) in [4.78, 5) is 19.5. The van der Waals surface area contributed by atoms with Crippen LogP contribution in [-0.2, 0) is 11.3 Å². The van der Waals surface area contributed by atoms with Gasteiger partial charge < -0.3 is 15.5 Å². The standard InChI is InChI=1S/C22H24N6O/c1-15-19(21(29)23-13-16-7-5-4-6-8-16)20(28-22(26-15)24-14-25-28)17-9-11-18(12-10-17)27(2)3/h4-12,14,20H,13H2,1-3H3,(H,23,29)(H,24,25,26). The van der Waals surface area contributed by atoms with Crippen LogP contribution >= 0.6 is 0 Å². The van der Waals surface area contributed by atoms with Gasteiger partial charge >= 0.3 is 0 Å². The van der Waals surface area contributed by atoms with E-state index in [1.807, 2.05) is 80.5 Å². The highest BCUT2D eigenvalue weighted by molar-refractivity contribution is 5.96. The summed E-state index contributed by atoms with van der Waals surface area (Å²) in [5.41, 5.74) is 4.54. The Labute approximate surface area is 170 Å². The van der Waals surface area contributed by atoms with E-state index >= 15 is 0 Å². The SMILES string of the molecule is CC1=C(C(=O)NCc2ccccc2)C(c2ccc(N(C)C)cc2)n2ncnc2N1. The molecule has 2 N–H and O–H groups in total. The number of aromatic nitrogens is 3. The van der Waals surface area contributed by atoms with Crippen molar-refractivity contribution in [1.82, 2.24) is 20.1 Å². The number of benzene rings is 2. The number of carbonyl (C=O) groups is 1. The van der Waals surface area contributed by atoms with Crippen molar-refractivity contribution >= 4 is 17.5 Å². The predicted octanol–water partition coefficient (Wildman–Crippen LogP) is 2.95. The number of allylic oxidation sites excluding steroid dienone is 1. The van der Waals surface area contributed by atoms with E-state index in [9.17, 15) is 4.79 Å². The Hall–Kier alpha value is -3.61. The van der Waals surface area contributed by atoms with Gasteiger partial charge in [0, 0.05) is 32.0 Å². The van der Waals surface area contributed by atoms with Crippen LogP contribution in [0.5, 0.6) is 0 Å². The van der Waals surface area contributed by atoms with E-state index in [0.717, 1.165) is 22.5 Å². The fraction of sp³-hybridized carbons (Fsp3) is 0.227. The molecule has 1 aromatic heterocycles. The monoisotopic (exact) mass is 388 g/mol. The molecule has 0 aliphatic carbocycles. The van der Waals surface area contributed by atoms with Crippen molar-refractivity contribution in [2.75, 3.05) is 24.3 Å². The van der Waals surface area contributed by atoms with Crippen LogP contribution in [0.3, 0.4) is 0 Å². The Kier molecular flexibility index (Phi) is 5.03. The van der Waals surface area contributed by atoms with Gasteiger partial charge in [-0.3, -0.25) is 4.79 Å². The zero-order valence-electron chi connectivity index (χ0n) is 16.8. The van der Waals surface area contributed by atoms with E-state index in [-0.39, 0.29) is 11.9 Å². The first-order valence-corrected chi connectivity index (χ1v) is 9.51. The molecule has 2 heterocycles. The van der Waals surface area contributed by atoms with E-state index in [1.54, 1.807) is 4.68 Å². The maximum atomic E-state index is 13.2. The highest BCUT2D eigenvalue weighted by atomic mass is 16.1. The maximum Gasteiger partial charge on any atom is 0.251 e. The van der Waals surface area contributed by atoms with E-state index in [0.29, 0.717) is 18.1 Å². The van der Waals surface area contributed by atoms with E-state index in [4.69, 9.17) is 0 Å². The number of hydrogen-bond donors (Lipinski definition) is 2. The molecule has 1 atom stereocenters. The molecular formula is C22H24N6O. The smallest absolute Gasteiger partial charge is 0.251 e. The third-order valence-electron chi connectivity index (χ3n) is 5.06. The summed E-state index contributed by atoms with van der Waals surface area (Å²) >= 11 is 0. The summed E-state index contributed by atoms with van der Waals surface area (Å²) in [7, 11) is 4.00. The molecule has 0 saturated heterocycles. The lowest BCUT2D eigenvalue weighted by molar-refractivity contribution is -0.118. The van der Waals surface area contributed by atoms with Crippen molar-refractivity contribution in [2.24, 2.45) is 0 Å². The normalized spacial score (nSPS) is 15.5. The summed E-state index contributed by atoms with van der Waals surface area (Å²) < 4.78 is 1.76. The molecule has 0 spiro atoms. The molecule has 0 radical (unpaired) electrons. The molecular weight excluding hydrogens is 364 g/mol. The lowest BCUT2D eigenvalue weighted by Crippen LogP contribution is -2.34. The molecule has 0 fully saturated rings. The molecule has 7 heteroatoms. The number of anilines is 2. The number of nitrogens with one attached hydrogen (secondary N) is 2. The minimum Gasteiger partial charge on any atom is -0.378 e. The molecule has 0 saturated carbocycles. The van der Waals surface area contributed by atoms with Crippen molar-refractivity contribution in [3.05, 3.63) is 83.3 Å². The van der Waals surface area contributed by atoms with Gasteiger partial charge in [-0.15, -0.1) is 0 Å². The van der Waals surface area contributed by atoms with Crippen LogP contribution in [0.15, 0.2) is 72.2 Å². The molecule has 148 valence electrons. The van der Waals surface area contributed by atoms with Crippen molar-refractivity contribution in [3.63, 3.8) is 0 Å². The largest absolute Gasteiger partial charge is 0.378 e. The molecule has 1 unspecified atom stereocenters. The summed E-state index contributed by atoms with van der Waals surface area (Å²) in [6.07, 6.45) is 1.50. The van der Waals surface area contributed by atoms with Gasteiger partial charge in [0.05, 0.1) is 5.57 Å². The van der Waals surface area contributed by atoms with Gasteiger partial charge in [0.1, 0.15) is 12.4 Å². The van der Waals surface area contributed by atoms with E-state index in [1.165, 1.54) is 6.33 Å². The second-order valence-corrected chi connectivity index (χ2v) is 7.25. The van der Waals surface area contributed by atoms with Crippen LogP contribution in [0.2, 0.25) is 0 Å². The first-order valence-electron chi connectivity index (χ1n) is 9.51. The lowest BCUT2D eigenvalue weighted by Gasteiger charge is -2.29. The number of carbonyl (C=O) groups excluding carboxylic acids is 1. The highest BCUT2D eigenvalue weighted by Crippen LogP contribution is 2.35. The maximum absolute atomic E-state index is 13.2. The second-order valence-electron chi connectivity index (χ2n) is 7.25. The Bertz CT molecular complexity index is 1040. The second kappa shape index (κ2) is 7.79. The molecule has 2 aromatic carbocycles. The number of nitrogens with zero attached hydrogens (tertiary/aromatic N) is 4. The number of rotatable bonds is 5. The average molecular weight is 388 g/mol. The van der Waals surface area contributed by atoms with Crippen LogP contribution in [0.1, 0.15) is 24.1 Å². The zero-order valence-corrected chi connectivity index (χ0v) is 16.8. The Morgan fingerprint density at radius 3 is 2.55 bits per heavy atom. The van der Waals surface area contributed by atoms with Gasteiger partial charge in [0.25, 0.3) is 5.91 Å². The topological polar surface area (TPSA) is 75.1 Å². The Morgan fingerprint density at radius 2 is 1.86 bits per heavy atom. The van der Waals surface area contributed by atoms with Crippen molar-refractivity contribution < 1.29 is 4.79 Å². The van der Waals surface area contributed by atoms with Crippen molar-refractivity contribution in [1.29, 1.82) is 0 Å². The van der Waals surface area contributed by atoms with Crippen LogP contribution in [0, 0.1) is 0 Å². The molecule has 1 amide bonds. The predicted molar refractivity (Wildman–Crippen MR) is 114 cm³/mol. The van der Waals surface area contributed by atoms with Crippen LogP contribution in [0.25, 0.3) is 0 Å². The van der Waals surface area contributed by atoms with Gasteiger partial charge in [-0.2, -0.15) is 10.1 Å². The fourth-order valence-corrected chi connectivity index (χ4v) is 3.52. The first kappa shape index (κ1) is 18.7. The van der Waals surface area contributed by atoms with E-state index in [2.05, 4.69) is 20.7 Å². The first-order chi connectivity index (χ1) is 14.0.